The maximum atomic E-state index is 13.3. The number of thiazole rings is 1. The first kappa shape index (κ1) is 21.7. The summed E-state index contributed by atoms with van der Waals surface area (Å²) < 4.78 is 7.18. The molecule has 4 heterocycles. The number of rotatable bonds is 5. The normalized spacial score (nSPS) is 17.6. The predicted octanol–water partition coefficient (Wildman–Crippen LogP) is 3.83. The number of phenols is 1. The van der Waals surface area contributed by atoms with Crippen LogP contribution < -0.4 is 9.64 Å². The van der Waals surface area contributed by atoms with Crippen molar-refractivity contribution in [2.24, 2.45) is 0 Å². The average molecular weight is 477 g/mol. The highest BCUT2D eigenvalue weighted by Crippen LogP contribution is 2.44. The number of aromatic nitrogens is 3. The Kier molecular flexibility index (Phi) is 5.29. The van der Waals surface area contributed by atoms with Crippen molar-refractivity contribution in [3.8, 4) is 11.5 Å². The molecule has 0 bridgehead atoms. The van der Waals surface area contributed by atoms with Crippen molar-refractivity contribution in [3.63, 3.8) is 0 Å². The molecule has 0 radical (unpaired) electrons. The fourth-order valence-corrected chi connectivity index (χ4v) is 4.85. The van der Waals surface area contributed by atoms with Crippen molar-refractivity contribution in [2.75, 3.05) is 11.5 Å². The summed E-state index contributed by atoms with van der Waals surface area (Å²) in [6, 6.07) is 8.98. The minimum absolute atomic E-state index is 0.0746. The van der Waals surface area contributed by atoms with Gasteiger partial charge >= 0.3 is 5.91 Å². The highest BCUT2D eigenvalue weighted by Gasteiger charge is 2.48. The van der Waals surface area contributed by atoms with E-state index in [2.05, 4.69) is 9.97 Å². The van der Waals surface area contributed by atoms with Crippen LogP contribution in [0, 0.1) is 6.92 Å². The van der Waals surface area contributed by atoms with Gasteiger partial charge in [-0.05, 0) is 43.7 Å². The standard InChI is InChI=1S/C24H20N4O5S/c1-3-33-16-12-14(7-8-15(16)29)20-18(22(31)23(32)28(20)24-25-9-11-34-24)21(30)19-13(2)26-17-6-4-5-10-27(17)19/h4-12,20,29-30H,3H2,1-2H3/b21-18+. The second-order valence-corrected chi connectivity index (χ2v) is 8.49. The van der Waals surface area contributed by atoms with Crippen molar-refractivity contribution in [1.29, 1.82) is 0 Å². The summed E-state index contributed by atoms with van der Waals surface area (Å²) in [4.78, 5) is 36.5. The number of carbonyl (C=O) groups is 2. The molecule has 5 rings (SSSR count). The maximum absolute atomic E-state index is 13.3. The molecule has 1 fully saturated rings. The van der Waals surface area contributed by atoms with Gasteiger partial charge in [0.25, 0.3) is 5.78 Å². The summed E-state index contributed by atoms with van der Waals surface area (Å²) in [5.74, 6) is -1.86. The van der Waals surface area contributed by atoms with Crippen LogP contribution >= 0.6 is 11.3 Å². The van der Waals surface area contributed by atoms with Gasteiger partial charge in [0.05, 0.1) is 23.9 Å². The van der Waals surface area contributed by atoms with Crippen LogP contribution in [0.4, 0.5) is 5.13 Å². The van der Waals surface area contributed by atoms with Crippen molar-refractivity contribution < 1.29 is 24.5 Å². The maximum Gasteiger partial charge on any atom is 0.301 e. The van der Waals surface area contributed by atoms with Crippen molar-refractivity contribution in [1.82, 2.24) is 14.4 Å². The van der Waals surface area contributed by atoms with E-state index in [4.69, 9.17) is 4.74 Å². The number of ether oxygens (including phenoxy) is 1. The largest absolute Gasteiger partial charge is 0.505 e. The smallest absolute Gasteiger partial charge is 0.301 e. The molecule has 1 aliphatic heterocycles. The lowest BCUT2D eigenvalue weighted by molar-refractivity contribution is -0.132. The topological polar surface area (TPSA) is 117 Å². The molecule has 1 amide bonds. The SMILES string of the molecule is CCOc1cc(C2/C(=C(\O)c3c(C)nc4ccccn34)C(=O)C(=O)N2c2nccs2)ccc1O. The van der Waals surface area contributed by atoms with Gasteiger partial charge in [0, 0.05) is 17.8 Å². The zero-order valence-electron chi connectivity index (χ0n) is 18.3. The lowest BCUT2D eigenvalue weighted by Gasteiger charge is -2.23. The Balaban J connectivity index is 1.78. The number of benzene rings is 1. The second-order valence-electron chi connectivity index (χ2n) is 7.62. The third-order valence-electron chi connectivity index (χ3n) is 5.60. The van der Waals surface area contributed by atoms with Crippen molar-refractivity contribution in [3.05, 3.63) is 76.7 Å². The zero-order chi connectivity index (χ0) is 24.0. The molecule has 0 spiro atoms. The molecule has 2 N–H and O–H groups in total. The number of Topliss-reactive ketones (excluding diaryl/α,β-unsaturated/α-hetero) is 1. The van der Waals surface area contributed by atoms with Crippen LogP contribution in [-0.4, -0.2) is 42.9 Å². The number of ketones is 1. The summed E-state index contributed by atoms with van der Waals surface area (Å²) in [5, 5.41) is 23.7. The Hall–Kier alpha value is -4.18. The van der Waals surface area contributed by atoms with E-state index >= 15 is 0 Å². The summed E-state index contributed by atoms with van der Waals surface area (Å²) in [6.45, 7) is 3.81. The highest BCUT2D eigenvalue weighted by atomic mass is 32.1. The van der Waals surface area contributed by atoms with E-state index < -0.39 is 17.7 Å². The Morgan fingerprint density at radius 1 is 1.24 bits per heavy atom. The molecule has 4 aromatic rings. The molecule has 1 atom stereocenters. The van der Waals surface area contributed by atoms with Gasteiger partial charge in [-0.15, -0.1) is 11.3 Å². The Morgan fingerprint density at radius 2 is 2.06 bits per heavy atom. The molecule has 9 nitrogen and oxygen atoms in total. The van der Waals surface area contributed by atoms with Crippen molar-refractivity contribution >= 4 is 39.6 Å². The lowest BCUT2D eigenvalue weighted by atomic mass is 9.96. The highest BCUT2D eigenvalue weighted by molar-refractivity contribution is 7.14. The van der Waals surface area contributed by atoms with E-state index in [1.54, 1.807) is 54.1 Å². The number of amides is 1. The number of aliphatic hydroxyl groups is 1. The number of fused-ring (bicyclic) bond motifs is 1. The van der Waals surface area contributed by atoms with E-state index in [1.807, 2.05) is 6.07 Å². The fraction of sp³-hybridized carbons (Fsp3) is 0.167. The third-order valence-corrected chi connectivity index (χ3v) is 6.37. The van der Waals surface area contributed by atoms with E-state index in [9.17, 15) is 19.8 Å². The molecule has 1 saturated heterocycles. The number of hydrogen-bond acceptors (Lipinski definition) is 8. The quantitative estimate of drug-likeness (QED) is 0.255. The van der Waals surface area contributed by atoms with Crippen LogP contribution in [-0.2, 0) is 9.59 Å². The molecule has 172 valence electrons. The van der Waals surface area contributed by atoms with Gasteiger partial charge in [-0.1, -0.05) is 12.1 Å². The van der Waals surface area contributed by atoms with Gasteiger partial charge in [0.1, 0.15) is 11.3 Å². The van der Waals surface area contributed by atoms with Crippen LogP contribution in [0.25, 0.3) is 11.4 Å². The minimum atomic E-state index is -0.986. The molecule has 3 aromatic heterocycles. The fourth-order valence-electron chi connectivity index (χ4n) is 4.18. The first-order chi connectivity index (χ1) is 16.4. The molecule has 10 heteroatoms. The van der Waals surface area contributed by atoms with Crippen LogP contribution in [0.5, 0.6) is 11.5 Å². The van der Waals surface area contributed by atoms with Crippen LogP contribution in [0.15, 0.2) is 59.7 Å². The number of pyridine rings is 1. The molecule has 0 aliphatic carbocycles. The van der Waals surface area contributed by atoms with Crippen LogP contribution in [0.2, 0.25) is 0 Å². The number of aryl methyl sites for hydroxylation is 1. The number of imidazole rings is 1. The monoisotopic (exact) mass is 476 g/mol. The van der Waals surface area contributed by atoms with Gasteiger partial charge in [0.15, 0.2) is 22.4 Å². The average Bonchev–Trinajstić information content (AvgIpc) is 3.52. The van der Waals surface area contributed by atoms with E-state index in [1.165, 1.54) is 28.5 Å². The molecular weight excluding hydrogens is 456 g/mol. The Labute approximate surface area is 198 Å². The molecule has 1 unspecified atom stereocenters. The molecule has 1 aromatic carbocycles. The summed E-state index contributed by atoms with van der Waals surface area (Å²) in [6.07, 6.45) is 3.26. The molecule has 34 heavy (non-hydrogen) atoms. The summed E-state index contributed by atoms with van der Waals surface area (Å²) in [7, 11) is 0. The van der Waals surface area contributed by atoms with Gasteiger partial charge in [-0.25, -0.2) is 9.97 Å². The molecule has 0 saturated carbocycles. The van der Waals surface area contributed by atoms with Crippen LogP contribution in [0.3, 0.4) is 0 Å². The van der Waals surface area contributed by atoms with Gasteiger partial charge in [0.2, 0.25) is 0 Å². The Bertz CT molecular complexity index is 1460. The van der Waals surface area contributed by atoms with E-state index in [-0.39, 0.29) is 22.8 Å². The number of anilines is 1. The number of aliphatic hydroxyl groups excluding tert-OH is 1. The number of aromatic hydroxyl groups is 1. The summed E-state index contributed by atoms with van der Waals surface area (Å²) >= 11 is 1.20. The van der Waals surface area contributed by atoms with Gasteiger partial charge in [-0.3, -0.25) is 18.9 Å². The molecular formula is C24H20N4O5S. The first-order valence-corrected chi connectivity index (χ1v) is 11.4. The first-order valence-electron chi connectivity index (χ1n) is 10.5. The predicted molar refractivity (Wildman–Crippen MR) is 126 cm³/mol. The number of nitrogens with zero attached hydrogens (tertiary/aromatic N) is 4. The van der Waals surface area contributed by atoms with Gasteiger partial charge in [-0.2, -0.15) is 0 Å². The number of carbonyl (C=O) groups excluding carboxylic acids is 2. The Morgan fingerprint density at radius 3 is 2.79 bits per heavy atom. The zero-order valence-corrected chi connectivity index (χ0v) is 19.1. The lowest BCUT2D eigenvalue weighted by Crippen LogP contribution is -2.29. The second kappa shape index (κ2) is 8.31. The van der Waals surface area contributed by atoms with Crippen LogP contribution in [0.1, 0.15) is 29.9 Å². The minimum Gasteiger partial charge on any atom is -0.505 e. The van der Waals surface area contributed by atoms with Crippen molar-refractivity contribution in [2.45, 2.75) is 19.9 Å². The van der Waals surface area contributed by atoms with E-state index in [0.29, 0.717) is 34.3 Å². The van der Waals surface area contributed by atoms with E-state index in [0.717, 1.165) is 0 Å². The number of phenolic OH excluding ortho intramolecular Hbond substituents is 1. The third kappa shape index (κ3) is 3.30. The summed E-state index contributed by atoms with van der Waals surface area (Å²) in [5.41, 5.74) is 1.80. The van der Waals surface area contributed by atoms with Gasteiger partial charge < -0.3 is 14.9 Å². The molecule has 1 aliphatic rings. The number of hydrogen-bond donors (Lipinski definition) is 2.